The second-order valence-electron chi connectivity index (χ2n) is 5.51. The number of hydrogen-bond donors (Lipinski definition) is 1. The molecule has 4 heteroatoms. The van der Waals surface area contributed by atoms with Crippen LogP contribution in [0, 0.1) is 5.82 Å². The molecule has 2 rings (SSSR count). The number of aromatic nitrogens is 2. The number of benzene rings is 1. The molecule has 1 heterocycles. The van der Waals surface area contributed by atoms with Crippen LogP contribution < -0.4 is 5.73 Å². The zero-order valence-corrected chi connectivity index (χ0v) is 13.1. The maximum atomic E-state index is 13.8. The van der Waals surface area contributed by atoms with Crippen LogP contribution >= 0.6 is 0 Å². The molecule has 114 valence electrons. The molecule has 1 aromatic carbocycles. The zero-order chi connectivity index (χ0) is 15.4. The fraction of sp³-hybridized carbons (Fsp3) is 0.471. The summed E-state index contributed by atoms with van der Waals surface area (Å²) < 4.78 is 15.8. The molecule has 0 aliphatic heterocycles. The highest BCUT2D eigenvalue weighted by molar-refractivity contribution is 5.29. The third-order valence-corrected chi connectivity index (χ3v) is 3.72. The fourth-order valence-corrected chi connectivity index (χ4v) is 2.75. The van der Waals surface area contributed by atoms with Gasteiger partial charge in [0, 0.05) is 17.3 Å². The van der Waals surface area contributed by atoms with E-state index in [4.69, 9.17) is 5.73 Å². The van der Waals surface area contributed by atoms with Crippen LogP contribution in [0.25, 0.3) is 0 Å². The van der Waals surface area contributed by atoms with E-state index >= 15 is 0 Å². The van der Waals surface area contributed by atoms with Crippen LogP contribution in [-0.2, 0) is 25.8 Å². The highest BCUT2D eigenvalue weighted by Gasteiger charge is 2.17. The lowest BCUT2D eigenvalue weighted by molar-refractivity contribution is 0.573. The number of aryl methyl sites for hydroxylation is 1. The summed E-state index contributed by atoms with van der Waals surface area (Å²) in [6.07, 6.45) is 2.58. The van der Waals surface area contributed by atoms with Crippen LogP contribution in [0.3, 0.4) is 0 Å². The Morgan fingerprint density at radius 1 is 1.24 bits per heavy atom. The van der Waals surface area contributed by atoms with Crippen LogP contribution in [0.2, 0.25) is 0 Å². The minimum absolute atomic E-state index is 0.103. The average Bonchev–Trinajstić information content (AvgIpc) is 2.77. The molecule has 0 bridgehead atoms. The quantitative estimate of drug-likeness (QED) is 0.888. The molecular formula is C17H24FN3. The average molecular weight is 289 g/mol. The van der Waals surface area contributed by atoms with Crippen molar-refractivity contribution in [1.29, 1.82) is 0 Å². The Kier molecular flexibility index (Phi) is 5.12. The van der Waals surface area contributed by atoms with E-state index in [1.807, 2.05) is 23.7 Å². The fourth-order valence-electron chi connectivity index (χ4n) is 2.75. The normalized spacial score (nSPS) is 12.6. The van der Waals surface area contributed by atoms with Crippen molar-refractivity contribution in [3.63, 3.8) is 0 Å². The lowest BCUT2D eigenvalue weighted by Crippen LogP contribution is -2.19. The largest absolute Gasteiger partial charge is 0.328 e. The highest BCUT2D eigenvalue weighted by atomic mass is 19.1. The van der Waals surface area contributed by atoms with Crippen molar-refractivity contribution in [2.24, 2.45) is 5.73 Å². The van der Waals surface area contributed by atoms with E-state index in [2.05, 4.69) is 18.9 Å². The van der Waals surface area contributed by atoms with E-state index in [9.17, 15) is 4.39 Å². The first-order valence-corrected chi connectivity index (χ1v) is 7.63. The molecule has 0 radical (unpaired) electrons. The standard InChI is InChI=1S/C17H24FN3/c1-4-16-14(10-12(3)19)17(5-2)21(20-16)11-13-8-6-7-9-15(13)18/h6-9,12H,4-5,10-11,19H2,1-3H3. The van der Waals surface area contributed by atoms with E-state index < -0.39 is 0 Å². The Bertz CT molecular complexity index is 602. The molecule has 0 spiro atoms. The van der Waals surface area contributed by atoms with E-state index in [-0.39, 0.29) is 11.9 Å². The smallest absolute Gasteiger partial charge is 0.128 e. The summed E-state index contributed by atoms with van der Waals surface area (Å²) in [5.41, 5.74) is 10.1. The van der Waals surface area contributed by atoms with Gasteiger partial charge in [-0.1, -0.05) is 32.0 Å². The molecule has 1 atom stereocenters. The number of rotatable bonds is 6. The number of nitrogens with zero attached hydrogens (tertiary/aromatic N) is 2. The first-order chi connectivity index (χ1) is 10.1. The summed E-state index contributed by atoms with van der Waals surface area (Å²) in [4.78, 5) is 0. The number of halogens is 1. The van der Waals surface area contributed by atoms with E-state index in [1.165, 1.54) is 17.3 Å². The topological polar surface area (TPSA) is 43.8 Å². The van der Waals surface area contributed by atoms with Crippen molar-refractivity contribution in [3.8, 4) is 0 Å². The summed E-state index contributed by atoms with van der Waals surface area (Å²) in [5, 5.41) is 4.68. The van der Waals surface area contributed by atoms with Gasteiger partial charge in [0.15, 0.2) is 0 Å². The monoisotopic (exact) mass is 289 g/mol. The van der Waals surface area contributed by atoms with Gasteiger partial charge in [0.1, 0.15) is 5.82 Å². The summed E-state index contributed by atoms with van der Waals surface area (Å²) in [6, 6.07) is 6.98. The minimum Gasteiger partial charge on any atom is -0.328 e. The van der Waals surface area contributed by atoms with Crippen molar-refractivity contribution in [1.82, 2.24) is 9.78 Å². The van der Waals surface area contributed by atoms with Gasteiger partial charge in [-0.2, -0.15) is 5.10 Å². The molecule has 0 saturated carbocycles. The predicted octanol–water partition coefficient (Wildman–Crippen LogP) is 3.09. The summed E-state index contributed by atoms with van der Waals surface area (Å²) in [7, 11) is 0. The molecule has 1 unspecified atom stereocenters. The summed E-state index contributed by atoms with van der Waals surface area (Å²) >= 11 is 0. The second-order valence-corrected chi connectivity index (χ2v) is 5.51. The van der Waals surface area contributed by atoms with Gasteiger partial charge in [0.25, 0.3) is 0 Å². The van der Waals surface area contributed by atoms with Crippen molar-refractivity contribution in [2.75, 3.05) is 0 Å². The maximum Gasteiger partial charge on any atom is 0.128 e. The third-order valence-electron chi connectivity index (χ3n) is 3.72. The van der Waals surface area contributed by atoms with Crippen molar-refractivity contribution in [2.45, 2.75) is 52.6 Å². The van der Waals surface area contributed by atoms with E-state index in [0.29, 0.717) is 12.1 Å². The molecule has 0 amide bonds. The summed E-state index contributed by atoms with van der Waals surface area (Å²) in [6.45, 7) is 6.69. The first-order valence-electron chi connectivity index (χ1n) is 7.63. The van der Waals surface area contributed by atoms with Crippen LogP contribution in [-0.4, -0.2) is 15.8 Å². The molecule has 21 heavy (non-hydrogen) atoms. The molecule has 0 aliphatic carbocycles. The Morgan fingerprint density at radius 3 is 2.52 bits per heavy atom. The predicted molar refractivity (Wildman–Crippen MR) is 83.8 cm³/mol. The summed E-state index contributed by atoms with van der Waals surface area (Å²) in [5.74, 6) is -0.179. The Labute approximate surface area is 126 Å². The minimum atomic E-state index is -0.179. The van der Waals surface area contributed by atoms with Gasteiger partial charge in [0.2, 0.25) is 0 Å². The third kappa shape index (κ3) is 3.50. The lowest BCUT2D eigenvalue weighted by Gasteiger charge is -2.10. The number of nitrogens with two attached hydrogens (primary N) is 1. The molecule has 3 nitrogen and oxygen atoms in total. The Balaban J connectivity index is 2.39. The lowest BCUT2D eigenvalue weighted by atomic mass is 10.0. The Hall–Kier alpha value is -1.68. The molecule has 0 saturated heterocycles. The van der Waals surface area contributed by atoms with Gasteiger partial charge in [-0.3, -0.25) is 4.68 Å². The van der Waals surface area contributed by atoms with Gasteiger partial charge < -0.3 is 5.73 Å². The van der Waals surface area contributed by atoms with Crippen molar-refractivity contribution >= 4 is 0 Å². The van der Waals surface area contributed by atoms with E-state index in [1.54, 1.807) is 6.07 Å². The van der Waals surface area contributed by atoms with Gasteiger partial charge >= 0.3 is 0 Å². The van der Waals surface area contributed by atoms with Gasteiger partial charge in [-0.05, 0) is 37.8 Å². The van der Waals surface area contributed by atoms with Crippen LogP contribution in [0.15, 0.2) is 24.3 Å². The molecule has 2 aromatic rings. The molecular weight excluding hydrogens is 265 g/mol. The molecule has 0 aliphatic rings. The van der Waals surface area contributed by atoms with E-state index in [0.717, 1.165) is 25.0 Å². The molecule has 0 fully saturated rings. The zero-order valence-electron chi connectivity index (χ0n) is 13.1. The first kappa shape index (κ1) is 15.7. The van der Waals surface area contributed by atoms with Gasteiger partial charge in [-0.25, -0.2) is 4.39 Å². The number of hydrogen-bond acceptors (Lipinski definition) is 2. The molecule has 2 N–H and O–H groups in total. The second kappa shape index (κ2) is 6.85. The van der Waals surface area contributed by atoms with Crippen molar-refractivity contribution in [3.05, 3.63) is 52.6 Å². The maximum absolute atomic E-state index is 13.8. The molecule has 1 aromatic heterocycles. The highest BCUT2D eigenvalue weighted by Crippen LogP contribution is 2.20. The van der Waals surface area contributed by atoms with Crippen LogP contribution in [0.4, 0.5) is 4.39 Å². The van der Waals surface area contributed by atoms with Gasteiger partial charge in [0.05, 0.1) is 12.2 Å². The van der Waals surface area contributed by atoms with Crippen molar-refractivity contribution < 1.29 is 4.39 Å². The van der Waals surface area contributed by atoms with Crippen LogP contribution in [0.5, 0.6) is 0 Å². The van der Waals surface area contributed by atoms with Crippen LogP contribution in [0.1, 0.15) is 43.3 Å². The SMILES string of the molecule is CCc1nn(Cc2ccccc2F)c(CC)c1CC(C)N. The Morgan fingerprint density at radius 2 is 1.95 bits per heavy atom. The van der Waals surface area contributed by atoms with Gasteiger partial charge in [-0.15, -0.1) is 0 Å².